The third-order valence-electron chi connectivity index (χ3n) is 1.31. The van der Waals surface area contributed by atoms with Gasteiger partial charge >= 0.3 is 5.97 Å². The molecule has 0 saturated heterocycles. The number of hydrogen-bond donors (Lipinski definition) is 1. The summed E-state index contributed by atoms with van der Waals surface area (Å²) in [6.07, 6.45) is 0.880. The van der Waals surface area contributed by atoms with Gasteiger partial charge in [0.25, 0.3) is 0 Å². The number of likely N-dealkylation sites (N-methyl/N-ethyl adjacent to an activating group) is 1. The van der Waals surface area contributed by atoms with E-state index >= 15 is 0 Å². The standard InChI is InChI=1S/C8H17NO2/c1-4-6-11-8(10)7(3)9-5-2/h7,9H,4-6H2,1-3H3. The van der Waals surface area contributed by atoms with E-state index in [1.807, 2.05) is 20.8 Å². The normalized spacial score (nSPS) is 12.6. The van der Waals surface area contributed by atoms with Crippen LogP contribution in [0, 0.1) is 0 Å². The van der Waals surface area contributed by atoms with Crippen LogP contribution in [0.15, 0.2) is 0 Å². The van der Waals surface area contributed by atoms with Crippen LogP contribution in [0.5, 0.6) is 0 Å². The molecule has 0 saturated carbocycles. The number of rotatable bonds is 5. The molecule has 0 heterocycles. The lowest BCUT2D eigenvalue weighted by Gasteiger charge is -2.10. The van der Waals surface area contributed by atoms with Crippen molar-refractivity contribution in [2.24, 2.45) is 0 Å². The van der Waals surface area contributed by atoms with Crippen molar-refractivity contribution in [1.29, 1.82) is 0 Å². The Bertz CT molecular complexity index is 115. The average molecular weight is 159 g/mol. The molecule has 0 fully saturated rings. The van der Waals surface area contributed by atoms with Crippen LogP contribution in [0.1, 0.15) is 27.2 Å². The Morgan fingerprint density at radius 2 is 2.18 bits per heavy atom. The van der Waals surface area contributed by atoms with Crippen LogP contribution >= 0.6 is 0 Å². The first-order valence-electron chi connectivity index (χ1n) is 4.12. The summed E-state index contributed by atoms with van der Waals surface area (Å²) in [5, 5.41) is 2.98. The second kappa shape index (κ2) is 6.16. The van der Waals surface area contributed by atoms with Gasteiger partial charge in [-0.15, -0.1) is 0 Å². The van der Waals surface area contributed by atoms with Gasteiger partial charge in [0.1, 0.15) is 6.04 Å². The summed E-state index contributed by atoms with van der Waals surface area (Å²) in [5.41, 5.74) is 0. The monoisotopic (exact) mass is 159 g/mol. The Kier molecular flexibility index (Phi) is 5.84. The lowest BCUT2D eigenvalue weighted by Crippen LogP contribution is -2.35. The minimum Gasteiger partial charge on any atom is -0.465 e. The molecule has 0 aromatic rings. The number of esters is 1. The van der Waals surface area contributed by atoms with Crippen LogP contribution < -0.4 is 5.32 Å². The molecule has 3 nitrogen and oxygen atoms in total. The summed E-state index contributed by atoms with van der Waals surface area (Å²) in [6.45, 7) is 7.06. The first-order chi connectivity index (χ1) is 5.22. The lowest BCUT2D eigenvalue weighted by atomic mass is 10.3. The maximum Gasteiger partial charge on any atom is 0.322 e. The van der Waals surface area contributed by atoms with Crippen molar-refractivity contribution in [1.82, 2.24) is 5.32 Å². The molecule has 0 amide bonds. The Morgan fingerprint density at radius 3 is 2.64 bits per heavy atom. The van der Waals surface area contributed by atoms with Crippen molar-refractivity contribution in [3.05, 3.63) is 0 Å². The van der Waals surface area contributed by atoms with E-state index in [9.17, 15) is 4.79 Å². The highest BCUT2D eigenvalue weighted by Gasteiger charge is 2.11. The molecular weight excluding hydrogens is 142 g/mol. The predicted octanol–water partition coefficient (Wildman–Crippen LogP) is 0.938. The zero-order valence-corrected chi connectivity index (χ0v) is 7.52. The second-order valence-electron chi connectivity index (χ2n) is 2.45. The molecule has 0 aliphatic rings. The van der Waals surface area contributed by atoms with Gasteiger partial charge in [0.05, 0.1) is 6.61 Å². The largest absolute Gasteiger partial charge is 0.465 e. The smallest absolute Gasteiger partial charge is 0.322 e. The molecule has 1 atom stereocenters. The van der Waals surface area contributed by atoms with E-state index in [2.05, 4.69) is 5.32 Å². The Morgan fingerprint density at radius 1 is 1.55 bits per heavy atom. The Hall–Kier alpha value is -0.570. The van der Waals surface area contributed by atoms with E-state index < -0.39 is 0 Å². The molecule has 66 valence electrons. The molecule has 1 N–H and O–H groups in total. The van der Waals surface area contributed by atoms with E-state index in [-0.39, 0.29) is 12.0 Å². The molecule has 0 aliphatic carbocycles. The summed E-state index contributed by atoms with van der Waals surface area (Å²) in [6, 6.07) is -0.174. The molecule has 0 aliphatic heterocycles. The van der Waals surface area contributed by atoms with E-state index in [4.69, 9.17) is 4.74 Å². The molecule has 11 heavy (non-hydrogen) atoms. The molecule has 0 bridgehead atoms. The quantitative estimate of drug-likeness (QED) is 0.607. The van der Waals surface area contributed by atoms with Crippen LogP contribution in [0.4, 0.5) is 0 Å². The Balaban J connectivity index is 3.47. The fraction of sp³-hybridized carbons (Fsp3) is 0.875. The summed E-state index contributed by atoms with van der Waals surface area (Å²) in [4.78, 5) is 11.0. The molecule has 1 unspecified atom stereocenters. The topological polar surface area (TPSA) is 38.3 Å². The highest BCUT2D eigenvalue weighted by molar-refractivity contribution is 5.75. The third-order valence-corrected chi connectivity index (χ3v) is 1.31. The number of nitrogens with one attached hydrogen (secondary N) is 1. The van der Waals surface area contributed by atoms with Gasteiger partial charge in [0.15, 0.2) is 0 Å². The van der Waals surface area contributed by atoms with Crippen LogP contribution in [0.3, 0.4) is 0 Å². The minimum atomic E-state index is -0.174. The number of carbonyl (C=O) groups excluding carboxylic acids is 1. The molecule has 0 spiro atoms. The SMILES string of the molecule is CCCOC(=O)C(C)NCC. The second-order valence-corrected chi connectivity index (χ2v) is 2.45. The maximum absolute atomic E-state index is 11.0. The van der Waals surface area contributed by atoms with Gasteiger partial charge in [0.2, 0.25) is 0 Å². The highest BCUT2D eigenvalue weighted by atomic mass is 16.5. The van der Waals surface area contributed by atoms with Crippen LogP contribution in [0.25, 0.3) is 0 Å². The minimum absolute atomic E-state index is 0.159. The number of carbonyl (C=O) groups is 1. The molecule has 3 heteroatoms. The fourth-order valence-corrected chi connectivity index (χ4v) is 0.717. The number of ether oxygens (including phenoxy) is 1. The van der Waals surface area contributed by atoms with Gasteiger partial charge < -0.3 is 10.1 Å². The first kappa shape index (κ1) is 10.4. The van der Waals surface area contributed by atoms with E-state index in [1.54, 1.807) is 0 Å². The molecule has 0 radical (unpaired) electrons. The zero-order chi connectivity index (χ0) is 8.69. The van der Waals surface area contributed by atoms with Gasteiger partial charge in [-0.2, -0.15) is 0 Å². The van der Waals surface area contributed by atoms with Gasteiger partial charge in [-0.25, -0.2) is 0 Å². The van der Waals surface area contributed by atoms with E-state index in [1.165, 1.54) is 0 Å². The van der Waals surface area contributed by atoms with Crippen molar-refractivity contribution in [3.8, 4) is 0 Å². The summed E-state index contributed by atoms with van der Waals surface area (Å²) in [7, 11) is 0. The van der Waals surface area contributed by atoms with Crippen LogP contribution in [-0.2, 0) is 9.53 Å². The molecular formula is C8H17NO2. The van der Waals surface area contributed by atoms with Crippen molar-refractivity contribution in [2.45, 2.75) is 33.2 Å². The predicted molar refractivity (Wildman–Crippen MR) is 44.4 cm³/mol. The van der Waals surface area contributed by atoms with E-state index in [0.29, 0.717) is 6.61 Å². The molecule has 0 aromatic heterocycles. The summed E-state index contributed by atoms with van der Waals surface area (Å²) in [5.74, 6) is -0.159. The molecule has 0 aromatic carbocycles. The van der Waals surface area contributed by atoms with Crippen LogP contribution in [-0.4, -0.2) is 25.2 Å². The fourth-order valence-electron chi connectivity index (χ4n) is 0.717. The van der Waals surface area contributed by atoms with Crippen molar-refractivity contribution >= 4 is 5.97 Å². The third kappa shape index (κ3) is 4.79. The first-order valence-corrected chi connectivity index (χ1v) is 4.12. The van der Waals surface area contributed by atoms with Crippen molar-refractivity contribution in [3.63, 3.8) is 0 Å². The van der Waals surface area contributed by atoms with E-state index in [0.717, 1.165) is 13.0 Å². The molecule has 0 rings (SSSR count). The van der Waals surface area contributed by atoms with Gasteiger partial charge in [0, 0.05) is 0 Å². The number of hydrogen-bond acceptors (Lipinski definition) is 3. The summed E-state index contributed by atoms with van der Waals surface area (Å²) < 4.78 is 4.90. The Labute approximate surface area is 68.1 Å². The highest BCUT2D eigenvalue weighted by Crippen LogP contribution is 1.88. The van der Waals surface area contributed by atoms with Gasteiger partial charge in [-0.1, -0.05) is 13.8 Å². The average Bonchev–Trinajstić information content (AvgIpc) is 2.00. The van der Waals surface area contributed by atoms with Crippen LogP contribution in [0.2, 0.25) is 0 Å². The lowest BCUT2D eigenvalue weighted by molar-refractivity contribution is -0.145. The summed E-state index contributed by atoms with van der Waals surface area (Å²) >= 11 is 0. The zero-order valence-electron chi connectivity index (χ0n) is 7.52. The van der Waals surface area contributed by atoms with Gasteiger partial charge in [-0.3, -0.25) is 4.79 Å². The van der Waals surface area contributed by atoms with Crippen molar-refractivity contribution in [2.75, 3.05) is 13.2 Å². The van der Waals surface area contributed by atoms with Gasteiger partial charge in [-0.05, 0) is 19.9 Å². The van der Waals surface area contributed by atoms with Crippen molar-refractivity contribution < 1.29 is 9.53 Å². The maximum atomic E-state index is 11.0.